The second kappa shape index (κ2) is 10.7. The summed E-state index contributed by atoms with van der Waals surface area (Å²) in [5.41, 5.74) is 2.50. The van der Waals surface area contributed by atoms with Crippen LogP contribution in [0.5, 0.6) is 0 Å². The Morgan fingerprint density at radius 2 is 2.14 bits per heavy atom. The molecule has 1 aromatic carbocycles. The Balaban J connectivity index is 1.15. The molecule has 3 aliphatic carbocycles. The number of H-pyrrole nitrogens is 1. The lowest BCUT2D eigenvalue weighted by molar-refractivity contribution is -0.141. The van der Waals surface area contributed by atoms with E-state index in [1.54, 1.807) is 12.1 Å². The van der Waals surface area contributed by atoms with Gasteiger partial charge in [-0.05, 0) is 105 Å². The number of likely N-dealkylation sites (tertiary alicyclic amines) is 2. The summed E-state index contributed by atoms with van der Waals surface area (Å²) in [5.74, 6) is 2.52. The van der Waals surface area contributed by atoms with Crippen LogP contribution in [-0.4, -0.2) is 74.6 Å². The summed E-state index contributed by atoms with van der Waals surface area (Å²) in [7, 11) is 0. The topological polar surface area (TPSA) is 114 Å². The van der Waals surface area contributed by atoms with Crippen LogP contribution in [0.2, 0.25) is 0 Å². The van der Waals surface area contributed by atoms with Gasteiger partial charge in [0.2, 0.25) is 5.91 Å². The smallest absolute Gasteiger partial charge is 0.225 e. The lowest BCUT2D eigenvalue weighted by atomic mass is 9.57. The minimum Gasteiger partial charge on any atom is -0.355 e. The zero-order valence-corrected chi connectivity index (χ0v) is 24.4. The number of fused-ring (bicyclic) bond motifs is 3. The molecule has 7 rings (SSSR count). The molecular weight excluding hydrogens is 531 g/mol. The van der Waals surface area contributed by atoms with Gasteiger partial charge in [0.05, 0.1) is 11.5 Å². The van der Waals surface area contributed by atoms with Crippen LogP contribution in [0, 0.1) is 46.7 Å². The van der Waals surface area contributed by atoms with Gasteiger partial charge in [0.15, 0.2) is 5.82 Å². The van der Waals surface area contributed by atoms with Crippen LogP contribution in [0.1, 0.15) is 68.8 Å². The number of tetrazole rings is 1. The zero-order chi connectivity index (χ0) is 29.0. The summed E-state index contributed by atoms with van der Waals surface area (Å²) in [4.78, 5) is 17.5. The standard InChI is InChI=1S/C32H41FN8O/c1-19(41-25(17-34)16-26-20(2)29(26)41)18-35-11-10-32(31-36-38-39-37-31)27-8-6-23(30(42)40-12-3-13-40)14-21(27)4-5-22-15-24(33)7-9-28(22)32/h7,9,15,20-21,23,25-27,29,35H,1,3-6,8,10-14,16,18H2,2H3,(H,36,37,38,39)/t20-,21?,23?,25?,26+,27?,29-,32?/m0/s1. The number of aryl methyl sites for hydroxylation is 1. The van der Waals surface area contributed by atoms with E-state index in [4.69, 9.17) is 0 Å². The third-order valence-electron chi connectivity index (χ3n) is 11.4. The van der Waals surface area contributed by atoms with Crippen LogP contribution in [0.4, 0.5) is 4.39 Å². The Labute approximate surface area is 246 Å². The van der Waals surface area contributed by atoms with Gasteiger partial charge >= 0.3 is 0 Å². The molecule has 8 atom stereocenters. The summed E-state index contributed by atoms with van der Waals surface area (Å²) in [6, 6.07) is 8.01. The maximum Gasteiger partial charge on any atom is 0.225 e. The number of carbonyl (C=O) groups is 1. The van der Waals surface area contributed by atoms with Crippen molar-refractivity contribution in [3.63, 3.8) is 0 Å². The number of nitrogens with zero attached hydrogens (tertiary/aromatic N) is 6. The lowest BCUT2D eigenvalue weighted by Gasteiger charge is -2.47. The number of aromatic amines is 1. The first kappa shape index (κ1) is 27.5. The summed E-state index contributed by atoms with van der Waals surface area (Å²) in [6.07, 6.45) is 7.03. The second-order valence-electron chi connectivity index (χ2n) is 13.4. The molecule has 222 valence electrons. The molecule has 0 radical (unpaired) electrons. The predicted octanol–water partition coefficient (Wildman–Crippen LogP) is 3.56. The first-order valence-electron chi connectivity index (χ1n) is 15.8. The number of nitrogens with one attached hydrogen (secondary N) is 2. The van der Waals surface area contributed by atoms with Gasteiger partial charge in [0.25, 0.3) is 0 Å². The number of nitriles is 1. The highest BCUT2D eigenvalue weighted by Crippen LogP contribution is 2.55. The number of halogens is 1. The number of rotatable bonds is 8. The molecule has 10 heteroatoms. The Morgan fingerprint density at radius 1 is 1.29 bits per heavy atom. The fourth-order valence-electron chi connectivity index (χ4n) is 9.14. The van der Waals surface area contributed by atoms with Crippen LogP contribution < -0.4 is 5.32 Å². The van der Waals surface area contributed by atoms with Gasteiger partial charge in [0.1, 0.15) is 11.9 Å². The summed E-state index contributed by atoms with van der Waals surface area (Å²) >= 11 is 0. The molecule has 4 fully saturated rings. The molecule has 3 heterocycles. The summed E-state index contributed by atoms with van der Waals surface area (Å²) < 4.78 is 14.6. The number of benzene rings is 1. The van der Waals surface area contributed by atoms with E-state index in [0.29, 0.717) is 55.0 Å². The van der Waals surface area contributed by atoms with Crippen LogP contribution >= 0.6 is 0 Å². The molecule has 2 saturated heterocycles. The van der Waals surface area contributed by atoms with Crippen LogP contribution in [0.15, 0.2) is 30.5 Å². The number of aromatic nitrogens is 4. The highest BCUT2D eigenvalue weighted by Gasteiger charge is 2.59. The van der Waals surface area contributed by atoms with E-state index in [-0.39, 0.29) is 23.7 Å². The average Bonchev–Trinajstić information content (AvgIpc) is 3.31. The van der Waals surface area contributed by atoms with E-state index in [9.17, 15) is 14.4 Å². The zero-order valence-electron chi connectivity index (χ0n) is 24.4. The minimum atomic E-state index is -0.560. The van der Waals surface area contributed by atoms with Crippen LogP contribution in [0.3, 0.4) is 0 Å². The maximum absolute atomic E-state index is 14.6. The maximum atomic E-state index is 14.6. The third-order valence-corrected chi connectivity index (χ3v) is 11.4. The Morgan fingerprint density at radius 3 is 2.88 bits per heavy atom. The largest absolute Gasteiger partial charge is 0.355 e. The number of hydrogen-bond acceptors (Lipinski definition) is 7. The van der Waals surface area contributed by atoms with Crippen molar-refractivity contribution < 1.29 is 9.18 Å². The molecule has 0 bridgehead atoms. The molecular formula is C32H41FN8O. The van der Waals surface area contributed by atoms with E-state index >= 15 is 0 Å². The SMILES string of the molecule is C=C(CNCCC1(c2nn[nH]n2)c2ccc(F)cc2CCC2CC(C(=O)N3CCC3)CCC21)N1C(C#N)C[C@@H]2[C@H](C)[C@@H]21. The van der Waals surface area contributed by atoms with Gasteiger partial charge in [-0.1, -0.05) is 24.8 Å². The quantitative estimate of drug-likeness (QED) is 0.465. The Hall–Kier alpha value is -3.32. The highest BCUT2D eigenvalue weighted by molar-refractivity contribution is 5.79. The highest BCUT2D eigenvalue weighted by atomic mass is 19.1. The van der Waals surface area contributed by atoms with Crippen LogP contribution in [0.25, 0.3) is 0 Å². The molecule has 2 N–H and O–H groups in total. The molecule has 2 aromatic rings. The number of hydrogen-bond donors (Lipinski definition) is 2. The fraction of sp³-hybridized carbons (Fsp3) is 0.656. The molecule has 1 aromatic heterocycles. The average molecular weight is 573 g/mol. The molecule has 2 aliphatic heterocycles. The Bertz CT molecular complexity index is 1390. The number of carbonyl (C=O) groups excluding carboxylic acids is 1. The van der Waals surface area contributed by atoms with Gasteiger partial charge in [0, 0.05) is 37.3 Å². The third kappa shape index (κ3) is 4.43. The van der Waals surface area contributed by atoms with Crippen molar-refractivity contribution in [1.82, 2.24) is 35.7 Å². The summed E-state index contributed by atoms with van der Waals surface area (Å²) in [6.45, 7) is 9.68. The van der Waals surface area contributed by atoms with Gasteiger partial charge in [-0.2, -0.15) is 10.5 Å². The molecule has 2 saturated carbocycles. The monoisotopic (exact) mass is 572 g/mol. The number of amides is 1. The molecule has 1 amide bonds. The molecule has 0 spiro atoms. The van der Waals surface area contributed by atoms with Crippen molar-refractivity contribution in [1.29, 1.82) is 5.26 Å². The van der Waals surface area contributed by atoms with Crippen LogP contribution in [-0.2, 0) is 16.6 Å². The van der Waals surface area contributed by atoms with E-state index in [1.807, 2.05) is 11.0 Å². The normalized spacial score (nSPS) is 34.8. The minimum absolute atomic E-state index is 0.0519. The van der Waals surface area contributed by atoms with Crippen molar-refractivity contribution in [3.8, 4) is 6.07 Å². The first-order valence-corrected chi connectivity index (χ1v) is 15.8. The van der Waals surface area contributed by atoms with E-state index in [1.165, 1.54) is 0 Å². The van der Waals surface area contributed by atoms with Gasteiger partial charge in [-0.3, -0.25) is 4.79 Å². The van der Waals surface area contributed by atoms with Crippen molar-refractivity contribution in [2.75, 3.05) is 26.2 Å². The van der Waals surface area contributed by atoms with Gasteiger partial charge < -0.3 is 15.1 Å². The second-order valence-corrected chi connectivity index (χ2v) is 13.4. The van der Waals surface area contributed by atoms with Crippen molar-refractivity contribution in [2.24, 2.45) is 29.6 Å². The molecule has 5 aliphatic rings. The Kier molecular flexibility index (Phi) is 7.04. The fourth-order valence-corrected chi connectivity index (χ4v) is 9.14. The summed E-state index contributed by atoms with van der Waals surface area (Å²) in [5, 5.41) is 29.2. The van der Waals surface area contributed by atoms with Crippen molar-refractivity contribution >= 4 is 5.91 Å². The van der Waals surface area contributed by atoms with Gasteiger partial charge in [-0.25, -0.2) is 4.39 Å². The van der Waals surface area contributed by atoms with Crippen molar-refractivity contribution in [3.05, 3.63) is 53.2 Å². The number of piperidine rings is 1. The van der Waals surface area contributed by atoms with Crippen molar-refractivity contribution in [2.45, 2.75) is 75.8 Å². The molecule has 9 nitrogen and oxygen atoms in total. The van der Waals surface area contributed by atoms with E-state index in [2.05, 4.69) is 50.4 Å². The lowest BCUT2D eigenvalue weighted by Crippen LogP contribution is -2.49. The van der Waals surface area contributed by atoms with E-state index in [0.717, 1.165) is 74.9 Å². The van der Waals surface area contributed by atoms with E-state index < -0.39 is 5.41 Å². The first-order chi connectivity index (χ1) is 20.4. The molecule has 5 unspecified atom stereocenters. The molecule has 42 heavy (non-hydrogen) atoms. The predicted molar refractivity (Wildman–Crippen MR) is 154 cm³/mol. The van der Waals surface area contributed by atoms with Gasteiger partial charge in [-0.15, -0.1) is 10.2 Å².